The van der Waals surface area contributed by atoms with E-state index in [4.69, 9.17) is 15.6 Å². The van der Waals surface area contributed by atoms with Gasteiger partial charge in [-0.15, -0.1) is 0 Å². The third-order valence-corrected chi connectivity index (χ3v) is 1.67. The number of nitrogens with two attached hydrogens (primary N) is 1. The Balaban J connectivity index is 2.65. The Morgan fingerprint density at radius 2 is 2.33 bits per heavy atom. The normalized spacial score (nSPS) is 10.5. The van der Waals surface area contributed by atoms with Crippen molar-refractivity contribution >= 4 is 12.0 Å². The molecule has 1 aromatic carbocycles. The predicted octanol–water partition coefficient (Wildman–Crippen LogP) is 1.12. The summed E-state index contributed by atoms with van der Waals surface area (Å²) in [5, 5.41) is 8.43. The summed E-state index contributed by atoms with van der Waals surface area (Å²) >= 11 is 0. The maximum absolute atomic E-state index is 10.3. The highest BCUT2D eigenvalue weighted by molar-refractivity contribution is 5.68. The molecule has 1 aromatic rings. The molecule has 0 atom stereocenters. The van der Waals surface area contributed by atoms with Crippen LogP contribution in [0.3, 0.4) is 0 Å². The molecule has 15 heavy (non-hydrogen) atoms. The molecule has 0 saturated heterocycles. The first kappa shape index (κ1) is 11.3. The Kier molecular flexibility index (Phi) is 4.37. The summed E-state index contributed by atoms with van der Waals surface area (Å²) in [6.45, 7) is 0.143. The quantitative estimate of drug-likeness (QED) is 0.759. The van der Waals surface area contributed by atoms with Gasteiger partial charge < -0.3 is 15.6 Å². The molecule has 0 radical (unpaired) electrons. The number of aliphatic carboxylic acids is 1. The first-order valence-electron chi connectivity index (χ1n) is 4.53. The van der Waals surface area contributed by atoms with E-state index in [2.05, 4.69) is 0 Å². The van der Waals surface area contributed by atoms with E-state index >= 15 is 0 Å². The Morgan fingerprint density at radius 1 is 1.53 bits per heavy atom. The second-order valence-electron chi connectivity index (χ2n) is 2.89. The van der Waals surface area contributed by atoms with E-state index in [1.54, 1.807) is 18.2 Å². The van der Waals surface area contributed by atoms with E-state index in [-0.39, 0.29) is 6.61 Å². The highest BCUT2D eigenvalue weighted by atomic mass is 16.5. The van der Waals surface area contributed by atoms with E-state index in [0.717, 1.165) is 5.56 Å². The first-order chi connectivity index (χ1) is 7.22. The van der Waals surface area contributed by atoms with Gasteiger partial charge in [0.15, 0.2) is 6.61 Å². The number of ether oxygens (including phenoxy) is 1. The molecule has 4 nitrogen and oxygen atoms in total. The van der Waals surface area contributed by atoms with Crippen LogP contribution in [0.1, 0.15) is 5.56 Å². The molecule has 0 fully saturated rings. The fourth-order valence-corrected chi connectivity index (χ4v) is 1.06. The van der Waals surface area contributed by atoms with Crippen LogP contribution in [0.5, 0.6) is 5.75 Å². The lowest BCUT2D eigenvalue weighted by Gasteiger charge is -2.03. The van der Waals surface area contributed by atoms with E-state index in [9.17, 15) is 4.79 Å². The van der Waals surface area contributed by atoms with E-state index in [1.807, 2.05) is 18.2 Å². The minimum absolute atomic E-state index is 0.329. The SMILES string of the molecule is NC/C=C/c1cccc(OCC(=O)O)c1. The molecule has 0 aromatic heterocycles. The van der Waals surface area contributed by atoms with E-state index < -0.39 is 5.97 Å². The minimum atomic E-state index is -0.988. The van der Waals surface area contributed by atoms with Crippen molar-refractivity contribution in [3.05, 3.63) is 35.9 Å². The first-order valence-corrected chi connectivity index (χ1v) is 4.53. The summed E-state index contributed by atoms with van der Waals surface area (Å²) < 4.78 is 5.02. The molecule has 80 valence electrons. The monoisotopic (exact) mass is 207 g/mol. The molecule has 0 aliphatic rings. The van der Waals surface area contributed by atoms with Crippen molar-refractivity contribution in [2.24, 2.45) is 5.73 Å². The third-order valence-electron chi connectivity index (χ3n) is 1.67. The number of carbonyl (C=O) groups is 1. The number of carboxylic acids is 1. The van der Waals surface area contributed by atoms with Gasteiger partial charge in [0, 0.05) is 6.54 Å². The highest BCUT2D eigenvalue weighted by Gasteiger charge is 1.98. The molecule has 0 aliphatic carbocycles. The van der Waals surface area contributed by atoms with E-state index in [0.29, 0.717) is 12.3 Å². The van der Waals surface area contributed by atoms with Gasteiger partial charge in [0.2, 0.25) is 0 Å². The van der Waals surface area contributed by atoms with Crippen LogP contribution in [0.4, 0.5) is 0 Å². The molecule has 0 aliphatic heterocycles. The van der Waals surface area contributed by atoms with E-state index in [1.165, 1.54) is 0 Å². The Bertz CT molecular complexity index is 361. The molecular formula is C11H13NO3. The Labute approximate surface area is 88.0 Å². The van der Waals surface area contributed by atoms with Gasteiger partial charge in [-0.1, -0.05) is 24.3 Å². The summed E-state index contributed by atoms with van der Waals surface area (Å²) in [5.41, 5.74) is 6.25. The summed E-state index contributed by atoms with van der Waals surface area (Å²) in [7, 11) is 0. The van der Waals surface area contributed by atoms with Crippen LogP contribution >= 0.6 is 0 Å². The average molecular weight is 207 g/mol. The Hall–Kier alpha value is -1.81. The zero-order valence-corrected chi connectivity index (χ0v) is 8.22. The lowest BCUT2D eigenvalue weighted by atomic mass is 10.2. The van der Waals surface area contributed by atoms with Crippen molar-refractivity contribution in [3.63, 3.8) is 0 Å². The number of rotatable bonds is 5. The van der Waals surface area contributed by atoms with Crippen LogP contribution in [-0.4, -0.2) is 24.2 Å². The van der Waals surface area contributed by atoms with Crippen LogP contribution in [0.25, 0.3) is 6.08 Å². The standard InChI is InChI=1S/C11H13NO3/c12-6-2-4-9-3-1-5-10(7-9)15-8-11(13)14/h1-5,7H,6,8,12H2,(H,13,14)/b4-2+. The zero-order valence-electron chi connectivity index (χ0n) is 8.22. The van der Waals surface area contributed by atoms with Crippen LogP contribution in [-0.2, 0) is 4.79 Å². The number of carboxylic acid groups (broad SMARTS) is 1. The highest BCUT2D eigenvalue weighted by Crippen LogP contribution is 2.14. The summed E-state index contributed by atoms with van der Waals surface area (Å²) in [6.07, 6.45) is 3.67. The molecule has 0 bridgehead atoms. The second-order valence-corrected chi connectivity index (χ2v) is 2.89. The lowest BCUT2D eigenvalue weighted by molar-refractivity contribution is -0.139. The van der Waals surface area contributed by atoms with Crippen molar-refractivity contribution in [1.82, 2.24) is 0 Å². The van der Waals surface area contributed by atoms with Crippen molar-refractivity contribution in [2.75, 3.05) is 13.2 Å². The van der Waals surface area contributed by atoms with Gasteiger partial charge in [0.05, 0.1) is 0 Å². The molecule has 1 rings (SSSR count). The number of benzene rings is 1. The van der Waals surface area contributed by atoms with Gasteiger partial charge in [-0.3, -0.25) is 0 Å². The van der Waals surface area contributed by atoms with Gasteiger partial charge >= 0.3 is 5.97 Å². The maximum Gasteiger partial charge on any atom is 0.341 e. The molecule has 0 spiro atoms. The minimum Gasteiger partial charge on any atom is -0.482 e. The lowest BCUT2D eigenvalue weighted by Crippen LogP contribution is -2.09. The molecular weight excluding hydrogens is 194 g/mol. The van der Waals surface area contributed by atoms with Gasteiger partial charge in [-0.25, -0.2) is 4.79 Å². The fraction of sp³-hybridized carbons (Fsp3) is 0.182. The number of hydrogen-bond acceptors (Lipinski definition) is 3. The van der Waals surface area contributed by atoms with Crippen molar-refractivity contribution in [2.45, 2.75) is 0 Å². The molecule has 0 amide bonds. The van der Waals surface area contributed by atoms with Crippen LogP contribution < -0.4 is 10.5 Å². The predicted molar refractivity (Wildman–Crippen MR) is 57.7 cm³/mol. The van der Waals surface area contributed by atoms with Crippen molar-refractivity contribution < 1.29 is 14.6 Å². The molecule has 0 unspecified atom stereocenters. The topological polar surface area (TPSA) is 72.5 Å². The summed E-state index contributed by atoms with van der Waals surface area (Å²) in [4.78, 5) is 10.3. The second kappa shape index (κ2) is 5.82. The molecule has 0 saturated carbocycles. The van der Waals surface area contributed by atoms with Gasteiger partial charge in [-0.05, 0) is 17.7 Å². The molecule has 0 heterocycles. The average Bonchev–Trinajstić information content (AvgIpc) is 2.24. The van der Waals surface area contributed by atoms with Crippen LogP contribution in [0.15, 0.2) is 30.3 Å². The summed E-state index contributed by atoms with van der Waals surface area (Å²) in [5.74, 6) is -0.450. The molecule has 4 heteroatoms. The van der Waals surface area contributed by atoms with Gasteiger partial charge in [0.1, 0.15) is 5.75 Å². The van der Waals surface area contributed by atoms with Crippen LogP contribution in [0.2, 0.25) is 0 Å². The van der Waals surface area contributed by atoms with Crippen molar-refractivity contribution in [3.8, 4) is 5.75 Å². The van der Waals surface area contributed by atoms with Crippen LogP contribution in [0, 0.1) is 0 Å². The Morgan fingerprint density at radius 3 is 3.00 bits per heavy atom. The van der Waals surface area contributed by atoms with Gasteiger partial charge in [-0.2, -0.15) is 0 Å². The molecule has 3 N–H and O–H groups in total. The third kappa shape index (κ3) is 4.28. The summed E-state index contributed by atoms with van der Waals surface area (Å²) in [6, 6.07) is 7.16. The largest absolute Gasteiger partial charge is 0.482 e. The zero-order chi connectivity index (χ0) is 11.1. The fourth-order valence-electron chi connectivity index (χ4n) is 1.06. The van der Waals surface area contributed by atoms with Crippen molar-refractivity contribution in [1.29, 1.82) is 0 Å². The smallest absolute Gasteiger partial charge is 0.341 e. The van der Waals surface area contributed by atoms with Gasteiger partial charge in [0.25, 0.3) is 0 Å². The maximum atomic E-state index is 10.3. The number of hydrogen-bond donors (Lipinski definition) is 2.